The van der Waals surface area contributed by atoms with E-state index in [9.17, 15) is 13.2 Å². The standard InChI is InChI=1S/C14H29NO4S2/c1-2-3-4-5-6-7-8-9-10-11-14(16)20-15-12-13-21(17,18)19/h15H,2-13H2,1H3,(H,17,18,19). The van der Waals surface area contributed by atoms with Gasteiger partial charge in [0.25, 0.3) is 10.1 Å². The Bertz CT molecular complexity index is 358. The zero-order chi connectivity index (χ0) is 16.0. The predicted molar refractivity (Wildman–Crippen MR) is 88.9 cm³/mol. The van der Waals surface area contributed by atoms with Gasteiger partial charge in [0.1, 0.15) is 0 Å². The van der Waals surface area contributed by atoms with Crippen LogP contribution in [0.25, 0.3) is 0 Å². The minimum Gasteiger partial charge on any atom is -0.286 e. The van der Waals surface area contributed by atoms with Crippen molar-refractivity contribution >= 4 is 27.2 Å². The van der Waals surface area contributed by atoms with Crippen molar-refractivity contribution in [3.63, 3.8) is 0 Å². The van der Waals surface area contributed by atoms with E-state index in [1.165, 1.54) is 44.9 Å². The first-order valence-corrected chi connectivity index (χ1v) is 10.3. The van der Waals surface area contributed by atoms with Gasteiger partial charge >= 0.3 is 0 Å². The monoisotopic (exact) mass is 339 g/mol. The van der Waals surface area contributed by atoms with E-state index in [0.717, 1.165) is 24.8 Å². The lowest BCUT2D eigenvalue weighted by atomic mass is 10.1. The molecule has 21 heavy (non-hydrogen) atoms. The zero-order valence-electron chi connectivity index (χ0n) is 13.0. The summed E-state index contributed by atoms with van der Waals surface area (Å²) >= 11 is 0.930. The Kier molecular flexibility index (Phi) is 13.5. The van der Waals surface area contributed by atoms with E-state index in [4.69, 9.17) is 4.55 Å². The molecular formula is C14H29NO4S2. The smallest absolute Gasteiger partial charge is 0.266 e. The molecule has 0 saturated heterocycles. The van der Waals surface area contributed by atoms with Crippen molar-refractivity contribution in [1.29, 1.82) is 0 Å². The predicted octanol–water partition coefficient (Wildman–Crippen LogP) is 3.56. The molecule has 7 heteroatoms. The fourth-order valence-corrected chi connectivity index (χ4v) is 3.03. The van der Waals surface area contributed by atoms with Gasteiger partial charge in [-0.1, -0.05) is 58.3 Å². The number of carbonyl (C=O) groups is 1. The van der Waals surface area contributed by atoms with Crippen LogP contribution in [-0.2, 0) is 14.9 Å². The van der Waals surface area contributed by atoms with Crippen LogP contribution >= 0.6 is 11.9 Å². The molecule has 0 heterocycles. The molecule has 0 amide bonds. The molecule has 0 rings (SSSR count). The third-order valence-corrected chi connectivity index (χ3v) is 4.63. The van der Waals surface area contributed by atoms with E-state index >= 15 is 0 Å². The molecule has 0 aliphatic rings. The molecule has 126 valence electrons. The molecule has 0 aromatic carbocycles. The van der Waals surface area contributed by atoms with Crippen LogP contribution in [0.3, 0.4) is 0 Å². The Hall–Kier alpha value is -0.110. The maximum absolute atomic E-state index is 11.5. The molecular weight excluding hydrogens is 310 g/mol. The van der Waals surface area contributed by atoms with Gasteiger partial charge in [0.05, 0.1) is 5.75 Å². The Morgan fingerprint density at radius 2 is 1.52 bits per heavy atom. The molecule has 0 bridgehead atoms. The molecule has 0 fully saturated rings. The Morgan fingerprint density at radius 1 is 1.00 bits per heavy atom. The molecule has 0 aliphatic heterocycles. The molecule has 0 aliphatic carbocycles. The summed E-state index contributed by atoms with van der Waals surface area (Å²) in [5.41, 5.74) is 0. The third kappa shape index (κ3) is 17.8. The van der Waals surface area contributed by atoms with Crippen LogP contribution in [0, 0.1) is 0 Å². The van der Waals surface area contributed by atoms with Crippen LogP contribution < -0.4 is 4.72 Å². The summed E-state index contributed by atoms with van der Waals surface area (Å²) in [6.45, 7) is 2.29. The van der Waals surface area contributed by atoms with Crippen LogP contribution in [0.2, 0.25) is 0 Å². The number of unbranched alkanes of at least 4 members (excludes halogenated alkanes) is 8. The molecule has 0 atom stereocenters. The van der Waals surface area contributed by atoms with Crippen molar-refractivity contribution in [2.45, 2.75) is 71.1 Å². The lowest BCUT2D eigenvalue weighted by Gasteiger charge is -2.03. The van der Waals surface area contributed by atoms with Gasteiger partial charge in [-0.3, -0.25) is 14.1 Å². The van der Waals surface area contributed by atoms with Gasteiger partial charge in [0.2, 0.25) is 5.12 Å². The third-order valence-electron chi connectivity index (χ3n) is 3.13. The summed E-state index contributed by atoms with van der Waals surface area (Å²) in [5, 5.41) is 0.0216. The Balaban J connectivity index is 3.27. The van der Waals surface area contributed by atoms with Crippen molar-refractivity contribution < 1.29 is 17.8 Å². The minimum atomic E-state index is -3.95. The summed E-state index contributed by atoms with van der Waals surface area (Å²) in [4.78, 5) is 11.5. The molecule has 0 aromatic rings. The summed E-state index contributed by atoms with van der Waals surface area (Å²) in [7, 11) is -3.95. The summed E-state index contributed by atoms with van der Waals surface area (Å²) < 4.78 is 32.1. The second-order valence-electron chi connectivity index (χ2n) is 5.23. The van der Waals surface area contributed by atoms with Crippen LogP contribution in [0.1, 0.15) is 71.1 Å². The number of hydrogen-bond acceptors (Lipinski definition) is 5. The quantitative estimate of drug-likeness (QED) is 0.286. The first kappa shape index (κ1) is 20.9. The lowest BCUT2D eigenvalue weighted by molar-refractivity contribution is -0.111. The largest absolute Gasteiger partial charge is 0.286 e. The number of nitrogens with one attached hydrogen (secondary N) is 1. The van der Waals surface area contributed by atoms with E-state index < -0.39 is 10.1 Å². The molecule has 0 aromatic heterocycles. The number of rotatable bonds is 14. The molecule has 5 nitrogen and oxygen atoms in total. The highest BCUT2D eigenvalue weighted by molar-refractivity contribution is 8.12. The molecule has 0 unspecified atom stereocenters. The molecule has 2 N–H and O–H groups in total. The van der Waals surface area contributed by atoms with Gasteiger partial charge in [0, 0.05) is 13.0 Å². The van der Waals surface area contributed by atoms with E-state index in [1.807, 2.05) is 0 Å². The SMILES string of the molecule is CCCCCCCCCCCC(=O)SNCCS(=O)(=O)O. The van der Waals surface area contributed by atoms with Crippen LogP contribution in [0.15, 0.2) is 0 Å². The van der Waals surface area contributed by atoms with Gasteiger partial charge in [-0.05, 0) is 18.4 Å². The van der Waals surface area contributed by atoms with Gasteiger partial charge in [-0.15, -0.1) is 0 Å². The highest BCUT2D eigenvalue weighted by atomic mass is 32.2. The van der Waals surface area contributed by atoms with Crippen molar-refractivity contribution in [3.8, 4) is 0 Å². The maximum Gasteiger partial charge on any atom is 0.266 e. The van der Waals surface area contributed by atoms with Gasteiger partial charge in [-0.25, -0.2) is 0 Å². The molecule has 0 radical (unpaired) electrons. The summed E-state index contributed by atoms with van der Waals surface area (Å²) in [6.07, 6.45) is 11.5. The van der Waals surface area contributed by atoms with Crippen LogP contribution in [0.5, 0.6) is 0 Å². The van der Waals surface area contributed by atoms with Crippen molar-refractivity contribution in [2.75, 3.05) is 12.3 Å². The zero-order valence-corrected chi connectivity index (χ0v) is 14.6. The molecule has 0 saturated carbocycles. The molecule has 0 spiro atoms. The fraction of sp³-hybridized carbons (Fsp3) is 0.929. The Labute approximate surface area is 133 Å². The average molecular weight is 340 g/mol. The fourth-order valence-electron chi connectivity index (χ4n) is 1.93. The highest BCUT2D eigenvalue weighted by Gasteiger charge is 2.06. The van der Waals surface area contributed by atoms with Crippen molar-refractivity contribution in [3.05, 3.63) is 0 Å². The maximum atomic E-state index is 11.5. The normalized spacial score (nSPS) is 11.7. The second-order valence-corrected chi connectivity index (χ2v) is 7.75. The van der Waals surface area contributed by atoms with Gasteiger partial charge in [0.15, 0.2) is 0 Å². The van der Waals surface area contributed by atoms with E-state index in [1.54, 1.807) is 0 Å². The number of hydrogen-bond donors (Lipinski definition) is 2. The number of carbonyl (C=O) groups excluding carboxylic acids is 1. The van der Waals surface area contributed by atoms with Gasteiger partial charge in [-0.2, -0.15) is 8.42 Å². The average Bonchev–Trinajstić information content (AvgIpc) is 2.41. The van der Waals surface area contributed by atoms with E-state index in [2.05, 4.69) is 11.6 Å². The minimum absolute atomic E-state index is 0.0216. The summed E-state index contributed by atoms with van der Waals surface area (Å²) in [6, 6.07) is 0. The topological polar surface area (TPSA) is 83.5 Å². The van der Waals surface area contributed by atoms with E-state index in [0.29, 0.717) is 6.42 Å². The Morgan fingerprint density at radius 3 is 2.05 bits per heavy atom. The van der Waals surface area contributed by atoms with Crippen molar-refractivity contribution in [2.24, 2.45) is 0 Å². The van der Waals surface area contributed by atoms with E-state index in [-0.39, 0.29) is 17.4 Å². The first-order valence-electron chi connectivity index (χ1n) is 7.83. The van der Waals surface area contributed by atoms with Crippen LogP contribution in [-0.4, -0.2) is 30.4 Å². The van der Waals surface area contributed by atoms with Crippen molar-refractivity contribution in [1.82, 2.24) is 4.72 Å². The van der Waals surface area contributed by atoms with Gasteiger partial charge < -0.3 is 0 Å². The highest BCUT2D eigenvalue weighted by Crippen LogP contribution is 2.12. The second kappa shape index (κ2) is 13.5. The first-order chi connectivity index (χ1) is 9.95. The van der Waals surface area contributed by atoms with Crippen LogP contribution in [0.4, 0.5) is 0 Å². The lowest BCUT2D eigenvalue weighted by Crippen LogP contribution is -2.18. The summed E-state index contributed by atoms with van der Waals surface area (Å²) in [5.74, 6) is -0.370.